The van der Waals surface area contributed by atoms with Gasteiger partial charge in [0.2, 0.25) is 0 Å². The van der Waals surface area contributed by atoms with Gasteiger partial charge >= 0.3 is 0 Å². The molecule has 1 aromatic heterocycles. The van der Waals surface area contributed by atoms with Crippen LogP contribution in [0.2, 0.25) is 32.7 Å². The first-order valence-corrected chi connectivity index (χ1v) is 20.1. The van der Waals surface area contributed by atoms with Crippen LogP contribution in [-0.4, -0.2) is 37.2 Å². The predicted molar refractivity (Wildman–Crippen MR) is 155 cm³/mol. The first-order valence-electron chi connectivity index (χ1n) is 12.7. The molecule has 0 N–H and O–H groups in total. The molecule has 0 amide bonds. The summed E-state index contributed by atoms with van der Waals surface area (Å²) >= 11 is 0. The third-order valence-electron chi connectivity index (χ3n) is 7.60. The van der Waals surface area contributed by atoms with Gasteiger partial charge in [0, 0.05) is 45.0 Å². The van der Waals surface area contributed by atoms with E-state index in [1.165, 1.54) is 0 Å². The second kappa shape index (κ2) is 9.25. The minimum Gasteiger partial charge on any atom is -0.408 e. The Balaban J connectivity index is 1.81. The zero-order chi connectivity index (χ0) is 26.5. The highest BCUT2D eigenvalue weighted by molar-refractivity contribution is 7.37. The third-order valence-corrected chi connectivity index (χ3v) is 23.4. The average molecular weight is 516 g/mol. The van der Waals surface area contributed by atoms with Crippen molar-refractivity contribution >= 4 is 48.8 Å². The lowest BCUT2D eigenvalue weighted by molar-refractivity contribution is 0.0569. The van der Waals surface area contributed by atoms with Gasteiger partial charge in [0.1, 0.15) is 5.60 Å². The van der Waals surface area contributed by atoms with E-state index in [1.807, 2.05) is 80.6 Å². The topological polar surface area (TPSA) is 48.3 Å². The zero-order valence-electron chi connectivity index (χ0n) is 22.7. The molecule has 0 aliphatic carbocycles. The highest BCUT2D eigenvalue weighted by Gasteiger charge is 2.45. The van der Waals surface area contributed by atoms with Gasteiger partial charge in [-0.05, 0) is 70.3 Å². The predicted octanol–water partition coefficient (Wildman–Crippen LogP) is 7.65. The molecular formula is C30H37NO3Si2. The van der Waals surface area contributed by atoms with E-state index in [1.54, 1.807) is 0 Å². The van der Waals surface area contributed by atoms with Crippen molar-refractivity contribution in [3.05, 3.63) is 83.4 Å². The Kier molecular flexibility index (Phi) is 6.75. The van der Waals surface area contributed by atoms with Crippen LogP contribution in [0.1, 0.15) is 47.1 Å². The fourth-order valence-corrected chi connectivity index (χ4v) is 8.03. The summed E-state index contributed by atoms with van der Waals surface area (Å²) in [7, 11) is -3.55. The van der Waals surface area contributed by atoms with Gasteiger partial charge in [-0.3, -0.25) is 9.59 Å². The monoisotopic (exact) mass is 515 g/mol. The number of aryl methyl sites for hydroxylation is 1. The van der Waals surface area contributed by atoms with Crippen LogP contribution in [0.3, 0.4) is 0 Å². The number of nitrogens with zero attached hydrogens (tertiary/aromatic N) is 1. The van der Waals surface area contributed by atoms with Crippen molar-refractivity contribution in [2.75, 3.05) is 0 Å². The quantitative estimate of drug-likeness (QED) is 0.179. The Morgan fingerprint density at radius 2 is 1.31 bits per heavy atom. The van der Waals surface area contributed by atoms with E-state index in [9.17, 15) is 9.59 Å². The van der Waals surface area contributed by atoms with E-state index < -0.39 is 21.0 Å². The molecule has 0 fully saturated rings. The van der Waals surface area contributed by atoms with Crippen LogP contribution in [0, 0.1) is 0 Å². The number of ketones is 2. The molecule has 36 heavy (non-hydrogen) atoms. The summed E-state index contributed by atoms with van der Waals surface area (Å²) in [6.07, 6.45) is 0. The largest absolute Gasteiger partial charge is 0.408 e. The fourth-order valence-electron chi connectivity index (χ4n) is 4.67. The Labute approximate surface area is 216 Å². The van der Waals surface area contributed by atoms with Crippen molar-refractivity contribution in [1.29, 1.82) is 0 Å². The molecule has 0 atom stereocenters. The number of benzene rings is 3. The molecule has 4 nitrogen and oxygen atoms in total. The van der Waals surface area contributed by atoms with Crippen LogP contribution in [0.4, 0.5) is 0 Å². The Bertz CT molecular complexity index is 1460. The number of aromatic nitrogens is 1. The van der Waals surface area contributed by atoms with Gasteiger partial charge in [0.05, 0.1) is 7.59 Å². The van der Waals surface area contributed by atoms with E-state index >= 15 is 0 Å². The number of carbonyl (C=O) groups excluding carboxylic acids is 2. The van der Waals surface area contributed by atoms with Crippen LogP contribution in [0.15, 0.2) is 66.7 Å². The SMILES string of the molecule is CCn1c2ccc(C(=O)c3ccccc3)cc2c2cc(C(=O)C(C)(C)O[Si](C)(C)[Si](C)(C)C)ccc21. The summed E-state index contributed by atoms with van der Waals surface area (Å²) in [6, 6.07) is 21.2. The lowest BCUT2D eigenvalue weighted by atomic mass is 9.95. The van der Waals surface area contributed by atoms with Crippen molar-refractivity contribution in [3.63, 3.8) is 0 Å². The smallest absolute Gasteiger partial charge is 0.193 e. The van der Waals surface area contributed by atoms with Gasteiger partial charge in [-0.25, -0.2) is 0 Å². The average Bonchev–Trinajstić information content (AvgIpc) is 3.14. The number of fused-ring (bicyclic) bond motifs is 3. The lowest BCUT2D eigenvalue weighted by Gasteiger charge is -2.41. The van der Waals surface area contributed by atoms with Crippen molar-refractivity contribution in [1.82, 2.24) is 4.57 Å². The molecule has 0 saturated carbocycles. The number of hydrogen-bond donors (Lipinski definition) is 0. The Morgan fingerprint density at radius 3 is 1.83 bits per heavy atom. The molecule has 0 spiro atoms. The van der Waals surface area contributed by atoms with E-state index in [2.05, 4.69) is 44.2 Å². The molecule has 4 aromatic rings. The highest BCUT2D eigenvalue weighted by atomic mass is 29.3. The second-order valence-corrected chi connectivity index (χ2v) is 27.4. The summed E-state index contributed by atoms with van der Waals surface area (Å²) in [4.78, 5) is 26.9. The minimum atomic E-state index is -2.01. The maximum atomic E-state index is 13.7. The van der Waals surface area contributed by atoms with Gasteiger partial charge in [-0.15, -0.1) is 0 Å². The first-order chi connectivity index (χ1) is 16.8. The molecule has 0 unspecified atom stereocenters. The summed E-state index contributed by atoms with van der Waals surface area (Å²) in [5.41, 5.74) is 3.17. The molecule has 0 saturated heterocycles. The lowest BCUT2D eigenvalue weighted by Crippen LogP contribution is -2.59. The van der Waals surface area contributed by atoms with Gasteiger partial charge in [0.25, 0.3) is 0 Å². The summed E-state index contributed by atoms with van der Waals surface area (Å²) in [5.74, 6) is -0.00709. The minimum absolute atomic E-state index is 0.00265. The molecule has 188 valence electrons. The van der Waals surface area contributed by atoms with E-state index in [4.69, 9.17) is 4.43 Å². The molecular weight excluding hydrogens is 479 g/mol. The van der Waals surface area contributed by atoms with Crippen LogP contribution < -0.4 is 0 Å². The number of Topliss-reactive ketones (excluding diaryl/α,β-unsaturated/α-hetero) is 1. The maximum Gasteiger partial charge on any atom is 0.193 e. The Hall–Kier alpha value is -2.81. The second-order valence-electron chi connectivity index (χ2n) is 11.6. The van der Waals surface area contributed by atoms with Gasteiger partial charge < -0.3 is 8.99 Å². The van der Waals surface area contributed by atoms with Crippen LogP contribution in [-0.2, 0) is 11.0 Å². The molecule has 3 aromatic carbocycles. The van der Waals surface area contributed by atoms with E-state index in [0.717, 1.165) is 28.4 Å². The van der Waals surface area contributed by atoms with Crippen LogP contribution in [0.25, 0.3) is 21.8 Å². The van der Waals surface area contributed by atoms with Crippen LogP contribution >= 0.6 is 0 Å². The van der Waals surface area contributed by atoms with E-state index in [-0.39, 0.29) is 11.6 Å². The third kappa shape index (κ3) is 4.65. The molecule has 0 aliphatic heterocycles. The van der Waals surface area contributed by atoms with Gasteiger partial charge in [0.15, 0.2) is 19.4 Å². The molecule has 6 heteroatoms. The van der Waals surface area contributed by atoms with Crippen molar-refractivity contribution in [3.8, 4) is 0 Å². The summed E-state index contributed by atoms with van der Waals surface area (Å²) in [6.45, 7) is 18.1. The molecule has 4 rings (SSSR count). The molecule has 0 bridgehead atoms. The first kappa shape index (κ1) is 26.3. The van der Waals surface area contributed by atoms with Gasteiger partial charge in [-0.1, -0.05) is 50.0 Å². The normalized spacial score (nSPS) is 12.9. The van der Waals surface area contributed by atoms with Crippen molar-refractivity contribution < 1.29 is 14.0 Å². The zero-order valence-corrected chi connectivity index (χ0v) is 24.7. The Morgan fingerprint density at radius 1 is 0.778 bits per heavy atom. The van der Waals surface area contributed by atoms with Crippen LogP contribution in [0.5, 0.6) is 0 Å². The fraction of sp³-hybridized carbons (Fsp3) is 0.333. The summed E-state index contributed by atoms with van der Waals surface area (Å²) in [5, 5.41) is 1.97. The van der Waals surface area contributed by atoms with Crippen molar-refractivity contribution in [2.45, 2.75) is 65.7 Å². The maximum absolute atomic E-state index is 13.7. The number of hydrogen-bond acceptors (Lipinski definition) is 3. The number of carbonyl (C=O) groups is 2. The standard InChI is InChI=1S/C30H37NO3Si2/c1-9-31-26-17-15-22(28(32)21-13-11-10-12-14-21)19-24(26)25-20-23(16-18-27(25)31)29(33)30(2,3)34-36(7,8)35(4,5)6/h10-20H,9H2,1-8H3. The summed E-state index contributed by atoms with van der Waals surface area (Å²) < 4.78 is 8.87. The molecule has 0 radical (unpaired) electrons. The van der Waals surface area contributed by atoms with Gasteiger partial charge in [-0.2, -0.15) is 0 Å². The van der Waals surface area contributed by atoms with E-state index in [0.29, 0.717) is 16.7 Å². The molecule has 0 aliphatic rings. The number of rotatable bonds is 8. The molecule has 1 heterocycles. The van der Waals surface area contributed by atoms with Crippen molar-refractivity contribution in [2.24, 2.45) is 0 Å². The highest BCUT2D eigenvalue weighted by Crippen LogP contribution is 2.33.